The molecule has 0 saturated carbocycles. The molecule has 0 aliphatic heterocycles. The molecule has 186 valence electrons. The number of alkyl halides is 20. The third-order valence-corrected chi connectivity index (χ3v) is 3.52. The lowest BCUT2D eigenvalue weighted by molar-refractivity contribution is -0.493. The summed E-state index contributed by atoms with van der Waals surface area (Å²) in [5.41, 5.74) is -17.4. The van der Waals surface area contributed by atoms with Gasteiger partial charge >= 0.3 is 53.8 Å². The van der Waals surface area contributed by atoms with Crippen molar-refractivity contribution >= 4 is 5.78 Å². The maximum Gasteiger partial charge on any atom is 0.439 e. The van der Waals surface area contributed by atoms with E-state index in [0.717, 1.165) is 0 Å². The average Bonchev–Trinajstić information content (AvgIpc) is 2.37. The molecule has 0 amide bonds. The number of hydrogen-bond donors (Lipinski definition) is 0. The van der Waals surface area contributed by atoms with Gasteiger partial charge in [-0.2, -0.15) is 83.4 Å². The maximum absolute atomic E-state index is 13.5. The van der Waals surface area contributed by atoms with Gasteiger partial charge in [0.2, 0.25) is 0 Å². The first-order valence-electron chi connectivity index (χ1n) is 6.23. The van der Waals surface area contributed by atoms with Crippen LogP contribution < -0.4 is 0 Å². The molecule has 0 fully saturated rings. The Balaban J connectivity index is 7.55. The van der Waals surface area contributed by atoms with Crippen LogP contribution in [0.5, 0.6) is 0 Å². The van der Waals surface area contributed by atoms with Crippen molar-refractivity contribution in [2.75, 3.05) is 0 Å². The molecule has 0 aromatic carbocycles. The van der Waals surface area contributed by atoms with Gasteiger partial charge in [-0.15, -0.1) is 0 Å². The van der Waals surface area contributed by atoms with Gasteiger partial charge in [0.05, 0.1) is 0 Å². The summed E-state index contributed by atoms with van der Waals surface area (Å²) in [6.45, 7) is 0. The second kappa shape index (κ2) is 6.88. The van der Waals surface area contributed by atoms with Crippen LogP contribution in [0.15, 0.2) is 0 Å². The van der Waals surface area contributed by atoms with Crippen molar-refractivity contribution in [1.29, 1.82) is 0 Å². The van der Waals surface area contributed by atoms with Gasteiger partial charge in [0.1, 0.15) is 0 Å². The van der Waals surface area contributed by atoms with Crippen LogP contribution in [0.3, 0.4) is 0 Å². The van der Waals surface area contributed by atoms with Crippen LogP contribution >= 0.6 is 0 Å². The SMILES string of the molecule is O=C(C(F)(F)C(F)(F)C(C(F)(F)F)(C(F)(F)F)C(F)(F)F)C(F)(C(F)(F)F)C(F)(F)F. The Kier molecular flexibility index (Phi) is 6.50. The first-order valence-corrected chi connectivity index (χ1v) is 6.23. The Bertz CT molecular complexity index is 629. The van der Waals surface area contributed by atoms with Crippen molar-refractivity contribution < 1.29 is 92.6 Å². The van der Waals surface area contributed by atoms with Crippen LogP contribution in [0.25, 0.3) is 0 Å². The third kappa shape index (κ3) is 3.63. The van der Waals surface area contributed by atoms with E-state index in [2.05, 4.69) is 0 Å². The van der Waals surface area contributed by atoms with E-state index in [-0.39, 0.29) is 0 Å². The first-order chi connectivity index (χ1) is 12.9. The molecule has 0 spiro atoms. The highest BCUT2D eigenvalue weighted by atomic mass is 19.4. The first kappa shape index (κ1) is 29.3. The summed E-state index contributed by atoms with van der Waals surface area (Å²) in [6.07, 6.45) is -42.2. The number of rotatable bonds is 4. The molecule has 0 saturated heterocycles. The van der Waals surface area contributed by atoms with Gasteiger partial charge in [-0.05, 0) is 0 Å². The number of ketones is 1. The number of halogens is 20. The standard InChI is InChI=1S/C10F20O/c11-2(6(16,17)18,7(19,20)21)1(31)3(12,13)5(14,15)4(8(22,23)24,9(25,26)27)10(28,29)30. The second-order valence-corrected chi connectivity index (χ2v) is 5.38. The lowest BCUT2D eigenvalue weighted by Gasteiger charge is -2.45. The van der Waals surface area contributed by atoms with Gasteiger partial charge in [0, 0.05) is 0 Å². The Morgan fingerprint density at radius 1 is 0.387 bits per heavy atom. The van der Waals surface area contributed by atoms with E-state index in [9.17, 15) is 92.6 Å². The molecular weight excluding hydrogens is 516 g/mol. The van der Waals surface area contributed by atoms with Gasteiger partial charge in [-0.25, -0.2) is 4.39 Å². The molecule has 0 radical (unpaired) electrons. The maximum atomic E-state index is 13.5. The van der Waals surface area contributed by atoms with Crippen LogP contribution in [0, 0.1) is 5.41 Å². The molecule has 0 aliphatic carbocycles. The smallest absolute Gasteiger partial charge is 0.288 e. The van der Waals surface area contributed by atoms with E-state index in [0.29, 0.717) is 0 Å². The minimum absolute atomic E-state index is 6.10. The highest BCUT2D eigenvalue weighted by molar-refractivity contribution is 5.96. The number of hydrogen-bond acceptors (Lipinski definition) is 1. The molecule has 0 unspecified atom stereocenters. The molecule has 0 rings (SSSR count). The fourth-order valence-corrected chi connectivity index (χ4v) is 2.03. The zero-order valence-electron chi connectivity index (χ0n) is 13.0. The minimum atomic E-state index is -9.22. The van der Waals surface area contributed by atoms with Crippen molar-refractivity contribution in [2.45, 2.75) is 48.4 Å². The van der Waals surface area contributed by atoms with Crippen LogP contribution in [-0.4, -0.2) is 54.2 Å². The van der Waals surface area contributed by atoms with Crippen LogP contribution in [0.2, 0.25) is 0 Å². The molecule has 21 heteroatoms. The van der Waals surface area contributed by atoms with E-state index in [1.807, 2.05) is 0 Å². The monoisotopic (exact) mass is 516 g/mol. The molecule has 0 bridgehead atoms. The lowest BCUT2D eigenvalue weighted by atomic mass is 9.73. The van der Waals surface area contributed by atoms with Crippen molar-refractivity contribution in [3.05, 3.63) is 0 Å². The summed E-state index contributed by atoms with van der Waals surface area (Å²) in [4.78, 5) is 10.7. The van der Waals surface area contributed by atoms with Crippen LogP contribution in [-0.2, 0) is 4.79 Å². The Hall–Kier alpha value is -1.73. The van der Waals surface area contributed by atoms with Crippen molar-refractivity contribution in [3.63, 3.8) is 0 Å². The quantitative estimate of drug-likeness (QED) is 0.400. The van der Waals surface area contributed by atoms with Gasteiger partial charge in [-0.3, -0.25) is 4.79 Å². The highest BCUT2D eigenvalue weighted by Gasteiger charge is 2.99. The summed E-state index contributed by atoms with van der Waals surface area (Å²) in [5.74, 6) is -24.2. The third-order valence-electron chi connectivity index (χ3n) is 3.52. The van der Waals surface area contributed by atoms with Gasteiger partial charge in [-0.1, -0.05) is 0 Å². The average molecular weight is 516 g/mol. The fourth-order valence-electron chi connectivity index (χ4n) is 2.03. The molecule has 1 nitrogen and oxygen atoms in total. The summed E-state index contributed by atoms with van der Waals surface area (Å²) in [5, 5.41) is 0. The summed E-state index contributed by atoms with van der Waals surface area (Å²) < 4.78 is 253. The van der Waals surface area contributed by atoms with Crippen LogP contribution in [0.4, 0.5) is 87.8 Å². The van der Waals surface area contributed by atoms with Gasteiger partial charge in [0.25, 0.3) is 5.78 Å². The Labute approximate surface area is 153 Å². The van der Waals surface area contributed by atoms with E-state index in [4.69, 9.17) is 0 Å². The number of Topliss-reactive ketones (excluding diaryl/α,β-unsaturated/α-hetero) is 1. The predicted molar refractivity (Wildman–Crippen MR) is 51.4 cm³/mol. The topological polar surface area (TPSA) is 17.1 Å². The summed E-state index contributed by atoms with van der Waals surface area (Å²) in [6, 6.07) is 0. The van der Waals surface area contributed by atoms with E-state index in [1.165, 1.54) is 0 Å². The minimum Gasteiger partial charge on any atom is -0.288 e. The number of carbonyl (C=O) groups excluding carboxylic acids is 1. The molecule has 31 heavy (non-hydrogen) atoms. The van der Waals surface area contributed by atoms with Crippen molar-refractivity contribution in [1.82, 2.24) is 0 Å². The number of carbonyl (C=O) groups is 1. The normalized spacial score (nSPS) is 16.5. The summed E-state index contributed by atoms with van der Waals surface area (Å²) >= 11 is 0. The van der Waals surface area contributed by atoms with Gasteiger partial charge < -0.3 is 0 Å². The Morgan fingerprint density at radius 3 is 0.774 bits per heavy atom. The molecular formula is C10F20O. The summed E-state index contributed by atoms with van der Waals surface area (Å²) in [7, 11) is 0. The fraction of sp³-hybridized carbons (Fsp3) is 0.900. The van der Waals surface area contributed by atoms with E-state index in [1.54, 1.807) is 0 Å². The van der Waals surface area contributed by atoms with Crippen LogP contribution in [0.1, 0.15) is 0 Å². The molecule has 0 atom stereocenters. The molecule has 0 heterocycles. The largest absolute Gasteiger partial charge is 0.439 e. The van der Waals surface area contributed by atoms with Crippen molar-refractivity contribution in [2.24, 2.45) is 5.41 Å². The molecule has 0 N–H and O–H groups in total. The zero-order chi connectivity index (χ0) is 26.1. The predicted octanol–water partition coefficient (Wildman–Crippen LogP) is 6.33. The highest BCUT2D eigenvalue weighted by Crippen LogP contribution is 2.70. The zero-order valence-corrected chi connectivity index (χ0v) is 13.0. The molecule has 0 aliphatic rings. The lowest BCUT2D eigenvalue weighted by Crippen LogP contribution is -2.77. The van der Waals surface area contributed by atoms with Crippen molar-refractivity contribution in [3.8, 4) is 0 Å². The second-order valence-electron chi connectivity index (χ2n) is 5.38. The molecule has 0 aromatic rings. The molecule has 0 aromatic heterocycles. The van der Waals surface area contributed by atoms with E-state index >= 15 is 0 Å². The van der Waals surface area contributed by atoms with Gasteiger partial charge in [0.15, 0.2) is 0 Å². The Morgan fingerprint density at radius 2 is 0.613 bits per heavy atom. The van der Waals surface area contributed by atoms with E-state index < -0.39 is 59.6 Å².